The highest BCUT2D eigenvalue weighted by Crippen LogP contribution is 2.61. The van der Waals surface area contributed by atoms with E-state index in [-0.39, 0.29) is 0 Å². The van der Waals surface area contributed by atoms with E-state index in [2.05, 4.69) is 38.2 Å². The van der Waals surface area contributed by atoms with Gasteiger partial charge in [0.25, 0.3) is 0 Å². The molecule has 0 saturated heterocycles. The van der Waals surface area contributed by atoms with Crippen molar-refractivity contribution >= 4 is 0 Å². The molecule has 4 saturated carbocycles. The Balaban J connectivity index is 1.31. The molecule has 0 amide bonds. The van der Waals surface area contributed by atoms with E-state index in [1.54, 1.807) is 0 Å². The van der Waals surface area contributed by atoms with Crippen molar-refractivity contribution < 1.29 is 9.84 Å². The SMILES string of the molecule is CC[C@@H](NC[C@@H](O)COc1ccccc1C(C)C)C12CC3CC(CC(C3)C1)C2. The monoisotopic (exact) mass is 385 g/mol. The summed E-state index contributed by atoms with van der Waals surface area (Å²) in [4.78, 5) is 0. The van der Waals surface area contributed by atoms with E-state index in [4.69, 9.17) is 4.74 Å². The summed E-state index contributed by atoms with van der Waals surface area (Å²) in [5.41, 5.74) is 1.71. The number of hydrogen-bond donors (Lipinski definition) is 2. The predicted octanol–water partition coefficient (Wildman–Crippen LogP) is 5.13. The van der Waals surface area contributed by atoms with Gasteiger partial charge in [-0.25, -0.2) is 0 Å². The Morgan fingerprint density at radius 2 is 1.68 bits per heavy atom. The van der Waals surface area contributed by atoms with E-state index < -0.39 is 6.10 Å². The lowest BCUT2D eigenvalue weighted by Gasteiger charge is -2.59. The fourth-order valence-corrected chi connectivity index (χ4v) is 7.01. The third kappa shape index (κ3) is 4.11. The smallest absolute Gasteiger partial charge is 0.122 e. The molecule has 0 heterocycles. The summed E-state index contributed by atoms with van der Waals surface area (Å²) in [5.74, 6) is 4.25. The van der Waals surface area contributed by atoms with Gasteiger partial charge in [-0.2, -0.15) is 0 Å². The van der Waals surface area contributed by atoms with Crippen LogP contribution in [-0.4, -0.2) is 30.4 Å². The molecule has 4 aliphatic rings. The van der Waals surface area contributed by atoms with E-state index in [1.807, 2.05) is 12.1 Å². The Hall–Kier alpha value is -1.06. The first kappa shape index (κ1) is 20.2. The van der Waals surface area contributed by atoms with Crippen LogP contribution in [0.15, 0.2) is 24.3 Å². The van der Waals surface area contributed by atoms with E-state index in [1.165, 1.54) is 44.1 Å². The van der Waals surface area contributed by atoms with Crippen molar-refractivity contribution in [3.05, 3.63) is 29.8 Å². The van der Waals surface area contributed by atoms with Crippen molar-refractivity contribution in [1.29, 1.82) is 0 Å². The zero-order chi connectivity index (χ0) is 19.7. The molecule has 0 aromatic heterocycles. The zero-order valence-electron chi connectivity index (χ0n) is 18.0. The minimum absolute atomic E-state index is 0.355. The van der Waals surface area contributed by atoms with Gasteiger partial charge in [-0.15, -0.1) is 0 Å². The molecular formula is C25H39NO2. The summed E-state index contributed by atoms with van der Waals surface area (Å²) in [5, 5.41) is 14.3. The van der Waals surface area contributed by atoms with Crippen LogP contribution in [-0.2, 0) is 0 Å². The molecule has 2 N–H and O–H groups in total. The first-order chi connectivity index (χ1) is 13.5. The summed E-state index contributed by atoms with van der Waals surface area (Å²) in [7, 11) is 0. The minimum Gasteiger partial charge on any atom is -0.491 e. The number of aliphatic hydroxyl groups is 1. The van der Waals surface area contributed by atoms with Gasteiger partial charge < -0.3 is 15.2 Å². The lowest BCUT2D eigenvalue weighted by atomic mass is 9.47. The molecule has 5 rings (SSSR count). The molecular weight excluding hydrogens is 346 g/mol. The Morgan fingerprint density at radius 1 is 1.07 bits per heavy atom. The topological polar surface area (TPSA) is 41.5 Å². The number of nitrogens with one attached hydrogen (secondary N) is 1. The second-order valence-corrected chi connectivity index (χ2v) is 10.3. The molecule has 4 aliphatic carbocycles. The van der Waals surface area contributed by atoms with Crippen LogP contribution in [0.5, 0.6) is 5.75 Å². The largest absolute Gasteiger partial charge is 0.491 e. The molecule has 1 aromatic rings. The number of ether oxygens (including phenoxy) is 1. The van der Waals surface area contributed by atoms with Crippen LogP contribution in [0.3, 0.4) is 0 Å². The maximum absolute atomic E-state index is 10.6. The molecule has 4 fully saturated rings. The van der Waals surface area contributed by atoms with Crippen LogP contribution >= 0.6 is 0 Å². The minimum atomic E-state index is -0.469. The van der Waals surface area contributed by atoms with Crippen LogP contribution in [0, 0.1) is 23.2 Å². The van der Waals surface area contributed by atoms with Crippen molar-refractivity contribution in [1.82, 2.24) is 5.32 Å². The summed E-state index contributed by atoms with van der Waals surface area (Å²) < 4.78 is 5.99. The van der Waals surface area contributed by atoms with Gasteiger partial charge in [0.2, 0.25) is 0 Å². The highest BCUT2D eigenvalue weighted by Gasteiger charge is 2.53. The van der Waals surface area contributed by atoms with Gasteiger partial charge in [0.1, 0.15) is 18.5 Å². The summed E-state index contributed by atoms with van der Waals surface area (Å²) in [6, 6.07) is 8.73. The Morgan fingerprint density at radius 3 is 2.25 bits per heavy atom. The van der Waals surface area contributed by atoms with Gasteiger partial charge in [-0.05, 0) is 85.7 Å². The Bertz CT molecular complexity index is 620. The standard InChI is InChI=1S/C25H39NO2/c1-4-24(25-12-18-9-19(13-25)11-20(10-18)14-25)26-15-21(27)16-28-23-8-6-5-7-22(23)17(2)3/h5-8,17-21,24,26-27H,4,9-16H2,1-3H3/t18?,19?,20?,21-,24-,25?/m1/s1. The van der Waals surface area contributed by atoms with Crippen LogP contribution < -0.4 is 10.1 Å². The molecule has 0 aliphatic heterocycles. The Labute approximate surface area is 171 Å². The predicted molar refractivity (Wildman–Crippen MR) is 115 cm³/mol. The van der Waals surface area contributed by atoms with E-state index >= 15 is 0 Å². The number of para-hydroxylation sites is 1. The van der Waals surface area contributed by atoms with Crippen LogP contribution in [0.4, 0.5) is 0 Å². The van der Waals surface area contributed by atoms with Gasteiger partial charge in [0.15, 0.2) is 0 Å². The molecule has 28 heavy (non-hydrogen) atoms. The van der Waals surface area contributed by atoms with Gasteiger partial charge in [0, 0.05) is 12.6 Å². The number of hydrogen-bond acceptors (Lipinski definition) is 3. The Kier molecular flexibility index (Phi) is 6.04. The summed E-state index contributed by atoms with van der Waals surface area (Å²) in [6.07, 6.45) is 9.40. The lowest BCUT2D eigenvalue weighted by Crippen LogP contribution is -2.56. The van der Waals surface area contributed by atoms with Gasteiger partial charge in [-0.1, -0.05) is 39.0 Å². The third-order valence-corrected chi connectivity index (χ3v) is 7.81. The summed E-state index contributed by atoms with van der Waals surface area (Å²) in [6.45, 7) is 7.66. The zero-order valence-corrected chi connectivity index (χ0v) is 18.0. The van der Waals surface area contributed by atoms with Gasteiger partial charge >= 0.3 is 0 Å². The van der Waals surface area contributed by atoms with Crippen molar-refractivity contribution in [2.24, 2.45) is 23.2 Å². The highest BCUT2D eigenvalue weighted by molar-refractivity contribution is 5.35. The van der Waals surface area contributed by atoms with Crippen molar-refractivity contribution in [3.8, 4) is 5.75 Å². The average molecular weight is 386 g/mol. The third-order valence-electron chi connectivity index (χ3n) is 7.81. The average Bonchev–Trinajstić information content (AvgIpc) is 2.65. The molecule has 156 valence electrons. The quantitative estimate of drug-likeness (QED) is 0.619. The number of rotatable bonds is 9. The van der Waals surface area contributed by atoms with Gasteiger partial charge in [-0.3, -0.25) is 0 Å². The first-order valence-corrected chi connectivity index (χ1v) is 11.6. The number of benzene rings is 1. The maximum Gasteiger partial charge on any atom is 0.122 e. The van der Waals surface area contributed by atoms with E-state index in [0.29, 0.717) is 30.5 Å². The fourth-order valence-electron chi connectivity index (χ4n) is 7.01. The first-order valence-electron chi connectivity index (χ1n) is 11.6. The molecule has 1 aromatic carbocycles. The van der Waals surface area contributed by atoms with E-state index in [0.717, 1.165) is 29.9 Å². The molecule has 2 atom stereocenters. The summed E-state index contributed by atoms with van der Waals surface area (Å²) >= 11 is 0. The van der Waals surface area contributed by atoms with Crippen molar-refractivity contribution in [2.75, 3.05) is 13.2 Å². The van der Waals surface area contributed by atoms with Crippen molar-refractivity contribution in [3.63, 3.8) is 0 Å². The van der Waals surface area contributed by atoms with Gasteiger partial charge in [0.05, 0.1) is 0 Å². The highest BCUT2D eigenvalue weighted by atomic mass is 16.5. The van der Waals surface area contributed by atoms with Crippen molar-refractivity contribution in [2.45, 2.75) is 83.8 Å². The lowest BCUT2D eigenvalue weighted by molar-refractivity contribution is -0.0760. The van der Waals surface area contributed by atoms with Crippen LogP contribution in [0.1, 0.15) is 77.2 Å². The molecule has 0 unspecified atom stereocenters. The maximum atomic E-state index is 10.6. The molecule has 3 heteroatoms. The molecule has 0 spiro atoms. The van der Waals surface area contributed by atoms with Crippen LogP contribution in [0.25, 0.3) is 0 Å². The fraction of sp³-hybridized carbons (Fsp3) is 0.760. The number of aliphatic hydroxyl groups excluding tert-OH is 1. The molecule has 4 bridgehead atoms. The van der Waals surface area contributed by atoms with Crippen LogP contribution in [0.2, 0.25) is 0 Å². The van der Waals surface area contributed by atoms with E-state index in [9.17, 15) is 5.11 Å². The second kappa shape index (κ2) is 8.36. The molecule has 3 nitrogen and oxygen atoms in total. The molecule has 0 radical (unpaired) electrons. The normalized spacial score (nSPS) is 33.2. The second-order valence-electron chi connectivity index (χ2n) is 10.3.